The highest BCUT2D eigenvalue weighted by atomic mass is 16.5. The first kappa shape index (κ1) is 22.2. The van der Waals surface area contributed by atoms with Crippen molar-refractivity contribution in [2.45, 2.75) is 12.8 Å². The van der Waals surface area contributed by atoms with Crippen molar-refractivity contribution in [2.24, 2.45) is 0 Å². The summed E-state index contributed by atoms with van der Waals surface area (Å²) in [4.78, 5) is 12.1. The van der Waals surface area contributed by atoms with E-state index in [1.807, 2.05) is 78.9 Å². The Bertz CT molecular complexity index is 1150. The van der Waals surface area contributed by atoms with Crippen molar-refractivity contribution in [3.63, 3.8) is 0 Å². The summed E-state index contributed by atoms with van der Waals surface area (Å²) < 4.78 is 11.1. The molecule has 3 aromatic rings. The Labute approximate surface area is 194 Å². The molecule has 166 valence electrons. The van der Waals surface area contributed by atoms with Crippen molar-refractivity contribution in [1.82, 2.24) is 0 Å². The topological polar surface area (TPSA) is 55.8 Å². The van der Waals surface area contributed by atoms with Crippen LogP contribution in [0.5, 0.6) is 11.5 Å². The van der Waals surface area contributed by atoms with Gasteiger partial charge >= 0.3 is 0 Å². The molecular weight excluding hydrogens is 412 g/mol. The molecule has 33 heavy (non-hydrogen) atoms. The smallest absolute Gasteiger partial charge is 0.196 e. The van der Waals surface area contributed by atoms with Gasteiger partial charge in [0.25, 0.3) is 0 Å². The summed E-state index contributed by atoms with van der Waals surface area (Å²) >= 11 is 0. The third-order valence-corrected chi connectivity index (χ3v) is 5.30. The lowest BCUT2D eigenvalue weighted by atomic mass is 9.97. The van der Waals surface area contributed by atoms with Crippen LogP contribution >= 0.6 is 0 Å². The lowest BCUT2D eigenvalue weighted by molar-refractivity contribution is -0.116. The van der Waals surface area contributed by atoms with E-state index in [1.54, 1.807) is 0 Å². The quantitative estimate of drug-likeness (QED) is 0.304. The second kappa shape index (κ2) is 11.0. The van der Waals surface area contributed by atoms with Gasteiger partial charge in [0, 0.05) is 6.08 Å². The summed E-state index contributed by atoms with van der Waals surface area (Å²) in [6, 6.07) is 25.3. The molecule has 0 radical (unpaired) electrons. The Hall–Kier alpha value is -4.05. The monoisotopic (exact) mass is 438 g/mol. The Morgan fingerprint density at radius 1 is 0.788 bits per heavy atom. The molecule has 0 bridgehead atoms. The highest BCUT2D eigenvalue weighted by molar-refractivity contribution is 5.91. The zero-order valence-corrected chi connectivity index (χ0v) is 18.3. The molecule has 1 aliphatic carbocycles. The van der Waals surface area contributed by atoms with E-state index in [2.05, 4.69) is 18.2 Å². The summed E-state index contributed by atoms with van der Waals surface area (Å²) in [5.41, 5.74) is 4.65. The maximum absolute atomic E-state index is 12.1. The zero-order valence-electron chi connectivity index (χ0n) is 18.3. The van der Waals surface area contributed by atoms with E-state index in [-0.39, 0.29) is 24.8 Å². The lowest BCUT2D eigenvalue weighted by Gasteiger charge is -2.11. The van der Waals surface area contributed by atoms with Gasteiger partial charge in [0.05, 0.1) is 0 Å². The van der Waals surface area contributed by atoms with Gasteiger partial charge in [-0.2, -0.15) is 0 Å². The number of hydrogen-bond acceptors (Lipinski definition) is 4. The van der Waals surface area contributed by atoms with Gasteiger partial charge < -0.3 is 14.6 Å². The van der Waals surface area contributed by atoms with Crippen LogP contribution < -0.4 is 9.47 Å². The average Bonchev–Trinajstić information content (AvgIpc) is 2.88. The number of allylic oxidation sites excluding steroid dienone is 4. The van der Waals surface area contributed by atoms with Crippen molar-refractivity contribution >= 4 is 11.4 Å². The normalized spacial score (nSPS) is 13.3. The van der Waals surface area contributed by atoms with E-state index in [9.17, 15) is 9.90 Å². The molecule has 0 spiro atoms. The lowest BCUT2D eigenvalue weighted by Crippen LogP contribution is -2.11. The van der Waals surface area contributed by atoms with Gasteiger partial charge in [-0.1, -0.05) is 72.8 Å². The third kappa shape index (κ3) is 6.47. The van der Waals surface area contributed by atoms with Crippen molar-refractivity contribution in [2.75, 3.05) is 13.2 Å². The fourth-order valence-electron chi connectivity index (χ4n) is 3.56. The number of carbonyl (C=O) groups is 1. The first-order valence-electron chi connectivity index (χ1n) is 11.0. The molecule has 0 atom stereocenters. The molecule has 0 heterocycles. The second-order valence-corrected chi connectivity index (χ2v) is 7.75. The van der Waals surface area contributed by atoms with Gasteiger partial charge in [0.2, 0.25) is 0 Å². The molecule has 4 nitrogen and oxygen atoms in total. The molecule has 0 amide bonds. The van der Waals surface area contributed by atoms with E-state index >= 15 is 0 Å². The van der Waals surface area contributed by atoms with Crippen LogP contribution in [0.15, 0.2) is 109 Å². The van der Waals surface area contributed by atoms with Gasteiger partial charge in [-0.15, -0.1) is 0 Å². The highest BCUT2D eigenvalue weighted by Gasteiger charge is 2.06. The first-order valence-corrected chi connectivity index (χ1v) is 11.0. The summed E-state index contributed by atoms with van der Waals surface area (Å²) in [6.07, 6.45) is 9.59. The minimum absolute atomic E-state index is 0.0811. The number of benzene rings is 3. The van der Waals surface area contributed by atoms with E-state index in [1.165, 1.54) is 5.57 Å². The third-order valence-electron chi connectivity index (χ3n) is 5.30. The molecule has 4 rings (SSSR count). The van der Waals surface area contributed by atoms with Gasteiger partial charge in [-0.25, -0.2) is 0 Å². The van der Waals surface area contributed by atoms with Crippen LogP contribution in [0.3, 0.4) is 0 Å². The standard InChI is InChI=1S/C29H26O4/c30-26(20-32-28-15-11-24(12-16-28)22-7-3-1-4-8-22)19-27(31)21-33-29-17-13-25(14-18-29)23-9-5-2-6-10-23/h1-5,7-9,11-19,31H,6,10,20-21H2. The maximum atomic E-state index is 12.1. The van der Waals surface area contributed by atoms with Gasteiger partial charge in [0.1, 0.15) is 23.9 Å². The van der Waals surface area contributed by atoms with Crippen molar-refractivity contribution in [1.29, 1.82) is 0 Å². The number of carbonyl (C=O) groups excluding carboxylic acids is 1. The van der Waals surface area contributed by atoms with Crippen LogP contribution in [0.2, 0.25) is 0 Å². The summed E-state index contributed by atoms with van der Waals surface area (Å²) in [6.45, 7) is -0.241. The molecule has 0 fully saturated rings. The molecule has 0 saturated heterocycles. The number of ketones is 1. The molecule has 1 N–H and O–H groups in total. The summed E-state index contributed by atoms with van der Waals surface area (Å²) in [7, 11) is 0. The largest absolute Gasteiger partial charge is 0.509 e. The van der Waals surface area contributed by atoms with Gasteiger partial charge in [-0.05, 0) is 59.4 Å². The predicted octanol–water partition coefficient (Wildman–Crippen LogP) is 6.56. The highest BCUT2D eigenvalue weighted by Crippen LogP contribution is 2.25. The Kier molecular flexibility index (Phi) is 7.39. The summed E-state index contributed by atoms with van der Waals surface area (Å²) in [5.74, 6) is 0.742. The average molecular weight is 439 g/mol. The number of ether oxygens (including phenoxy) is 2. The number of aliphatic hydroxyl groups is 1. The van der Waals surface area contributed by atoms with Gasteiger partial charge in [0.15, 0.2) is 12.4 Å². The number of rotatable bonds is 9. The fraction of sp³-hybridized carbons (Fsp3) is 0.138. The van der Waals surface area contributed by atoms with E-state index < -0.39 is 0 Å². The Morgan fingerprint density at radius 2 is 1.39 bits per heavy atom. The van der Waals surface area contributed by atoms with Crippen LogP contribution in [-0.2, 0) is 4.79 Å². The van der Waals surface area contributed by atoms with Gasteiger partial charge in [-0.3, -0.25) is 4.79 Å². The van der Waals surface area contributed by atoms with Crippen molar-refractivity contribution in [3.05, 3.63) is 114 Å². The Balaban J connectivity index is 1.24. The molecule has 0 saturated carbocycles. The SMILES string of the molecule is O=C(C=C(O)COc1ccc(C2=CC=CCC2)cc1)COc1ccc(-c2ccccc2)cc1. The molecule has 4 heteroatoms. The van der Waals surface area contributed by atoms with Crippen LogP contribution in [0.25, 0.3) is 16.7 Å². The molecular formula is C29H26O4. The fourth-order valence-corrected chi connectivity index (χ4v) is 3.56. The minimum atomic E-state index is -0.337. The molecule has 1 aliphatic rings. The van der Waals surface area contributed by atoms with E-state index in [0.717, 1.165) is 35.6 Å². The molecule has 0 aliphatic heterocycles. The zero-order chi connectivity index (χ0) is 22.9. The second-order valence-electron chi connectivity index (χ2n) is 7.75. The molecule has 0 aromatic heterocycles. The molecule has 0 unspecified atom stereocenters. The first-order chi connectivity index (χ1) is 16.2. The predicted molar refractivity (Wildman–Crippen MR) is 131 cm³/mol. The number of hydrogen-bond donors (Lipinski definition) is 1. The van der Waals surface area contributed by atoms with Crippen LogP contribution in [0, 0.1) is 0 Å². The number of aliphatic hydroxyl groups excluding tert-OH is 1. The van der Waals surface area contributed by atoms with E-state index in [0.29, 0.717) is 11.5 Å². The van der Waals surface area contributed by atoms with Crippen LogP contribution in [-0.4, -0.2) is 24.1 Å². The van der Waals surface area contributed by atoms with E-state index in [4.69, 9.17) is 9.47 Å². The maximum Gasteiger partial charge on any atom is 0.196 e. The van der Waals surface area contributed by atoms with Crippen molar-refractivity contribution < 1.29 is 19.4 Å². The van der Waals surface area contributed by atoms with Crippen LogP contribution in [0.1, 0.15) is 18.4 Å². The summed E-state index contributed by atoms with van der Waals surface area (Å²) in [5, 5.41) is 10.0. The molecule has 3 aromatic carbocycles. The van der Waals surface area contributed by atoms with Crippen LogP contribution in [0.4, 0.5) is 0 Å². The minimum Gasteiger partial charge on any atom is -0.509 e. The Morgan fingerprint density at radius 3 is 2.03 bits per heavy atom. The van der Waals surface area contributed by atoms with Crippen molar-refractivity contribution in [3.8, 4) is 22.6 Å².